The lowest BCUT2D eigenvalue weighted by atomic mass is 10.2. The summed E-state index contributed by atoms with van der Waals surface area (Å²) in [6, 6.07) is 12.0. The maximum absolute atomic E-state index is 13.1. The van der Waals surface area contributed by atoms with Gasteiger partial charge in [0.1, 0.15) is 0 Å². The van der Waals surface area contributed by atoms with Gasteiger partial charge in [-0.15, -0.1) is 0 Å². The van der Waals surface area contributed by atoms with E-state index in [0.29, 0.717) is 45.0 Å². The number of piperazine rings is 1. The first-order chi connectivity index (χ1) is 15.0. The summed E-state index contributed by atoms with van der Waals surface area (Å²) in [5.74, 6) is 0. The molecule has 2 fully saturated rings. The summed E-state index contributed by atoms with van der Waals surface area (Å²) in [7, 11) is -3.74. The van der Waals surface area contributed by atoms with Crippen molar-refractivity contribution in [2.24, 2.45) is 0 Å². The number of nitrogens with zero attached hydrogens (tertiary/aromatic N) is 4. The van der Waals surface area contributed by atoms with Crippen LogP contribution in [0, 0.1) is 0 Å². The van der Waals surface area contributed by atoms with Crippen molar-refractivity contribution in [1.82, 2.24) is 13.9 Å². The predicted molar refractivity (Wildman–Crippen MR) is 114 cm³/mol. The third-order valence-corrected chi connectivity index (χ3v) is 7.27. The van der Waals surface area contributed by atoms with Gasteiger partial charge < -0.3 is 19.3 Å². The average molecular weight is 442 g/mol. The highest BCUT2D eigenvalue weighted by Gasteiger charge is 2.29. The quantitative estimate of drug-likeness (QED) is 0.609. The maximum Gasteiger partial charge on any atom is 0.410 e. The minimum Gasteiger partial charge on any atom is -0.441 e. The fourth-order valence-electron chi connectivity index (χ4n) is 3.81. The highest BCUT2D eigenvalue weighted by molar-refractivity contribution is 7.90. The van der Waals surface area contributed by atoms with Gasteiger partial charge in [-0.3, -0.25) is 0 Å². The third kappa shape index (κ3) is 3.61. The van der Waals surface area contributed by atoms with E-state index in [0.717, 1.165) is 11.1 Å². The van der Waals surface area contributed by atoms with Crippen LogP contribution in [0.1, 0.15) is 0 Å². The van der Waals surface area contributed by atoms with Crippen molar-refractivity contribution in [3.63, 3.8) is 0 Å². The van der Waals surface area contributed by atoms with E-state index in [1.165, 1.54) is 10.2 Å². The lowest BCUT2D eigenvalue weighted by molar-refractivity contribution is -0.104. The van der Waals surface area contributed by atoms with E-state index >= 15 is 0 Å². The summed E-state index contributed by atoms with van der Waals surface area (Å²) in [6.45, 7) is 3.21. The van der Waals surface area contributed by atoms with E-state index in [1.54, 1.807) is 47.5 Å². The van der Waals surface area contributed by atoms with Gasteiger partial charge in [-0.1, -0.05) is 18.2 Å². The standard InChI is InChI=1S/C21H22N4O5S/c26-21(30-16-14-29-15-16)24-12-10-23(11-13-24)19-6-8-22-20-18(19)7-9-25(20)31(27,28)17-4-2-1-3-5-17/h1-9,16H,10-15H2. The summed E-state index contributed by atoms with van der Waals surface area (Å²) < 4.78 is 37.8. The number of carbonyl (C=O) groups is 1. The molecule has 2 aromatic heterocycles. The molecule has 2 aliphatic rings. The number of anilines is 1. The van der Waals surface area contributed by atoms with Gasteiger partial charge in [0.05, 0.1) is 18.1 Å². The first-order valence-electron chi connectivity index (χ1n) is 10.1. The van der Waals surface area contributed by atoms with Gasteiger partial charge in [-0.05, 0) is 24.3 Å². The number of carbonyl (C=O) groups excluding carboxylic acids is 1. The molecule has 0 atom stereocenters. The molecule has 1 amide bonds. The van der Waals surface area contributed by atoms with Crippen LogP contribution in [0.25, 0.3) is 11.0 Å². The monoisotopic (exact) mass is 442 g/mol. The van der Waals surface area contributed by atoms with Crippen molar-refractivity contribution in [1.29, 1.82) is 0 Å². The van der Waals surface area contributed by atoms with Crippen LogP contribution < -0.4 is 4.90 Å². The number of hydrogen-bond acceptors (Lipinski definition) is 7. The summed E-state index contributed by atoms with van der Waals surface area (Å²) in [5.41, 5.74) is 1.28. The van der Waals surface area contributed by atoms with E-state index in [2.05, 4.69) is 9.88 Å². The molecule has 9 nitrogen and oxygen atoms in total. The highest BCUT2D eigenvalue weighted by Crippen LogP contribution is 2.29. The number of benzene rings is 1. The van der Waals surface area contributed by atoms with Crippen LogP contribution in [0.5, 0.6) is 0 Å². The summed E-state index contributed by atoms with van der Waals surface area (Å²) in [4.78, 5) is 20.6. The Kier molecular flexibility index (Phi) is 5.03. The van der Waals surface area contributed by atoms with Gasteiger partial charge in [-0.25, -0.2) is 22.2 Å². The van der Waals surface area contributed by atoms with E-state index in [-0.39, 0.29) is 17.1 Å². The average Bonchev–Trinajstić information content (AvgIpc) is 3.22. The second-order valence-corrected chi connectivity index (χ2v) is 9.33. The Morgan fingerprint density at radius 1 is 1.03 bits per heavy atom. The lowest BCUT2D eigenvalue weighted by Gasteiger charge is -2.37. The molecular formula is C21H22N4O5S. The van der Waals surface area contributed by atoms with E-state index < -0.39 is 10.0 Å². The Labute approximate surface area is 179 Å². The largest absolute Gasteiger partial charge is 0.441 e. The van der Waals surface area contributed by atoms with Gasteiger partial charge in [0.15, 0.2) is 11.8 Å². The SMILES string of the molecule is O=C(OC1COC1)N1CCN(c2ccnc3c2ccn3S(=O)(=O)c2ccccc2)CC1. The molecule has 0 saturated carbocycles. The lowest BCUT2D eigenvalue weighted by Crippen LogP contribution is -2.51. The molecule has 5 rings (SSSR count). The number of hydrogen-bond donors (Lipinski definition) is 0. The molecule has 0 spiro atoms. The fourth-order valence-corrected chi connectivity index (χ4v) is 5.13. The van der Waals surface area contributed by atoms with Crippen molar-refractivity contribution in [2.45, 2.75) is 11.0 Å². The van der Waals surface area contributed by atoms with Crippen LogP contribution in [0.4, 0.5) is 10.5 Å². The van der Waals surface area contributed by atoms with Gasteiger partial charge >= 0.3 is 6.09 Å². The third-order valence-electron chi connectivity index (χ3n) is 5.58. The first kappa shape index (κ1) is 19.8. The van der Waals surface area contributed by atoms with Crippen LogP contribution in [-0.2, 0) is 19.5 Å². The van der Waals surface area contributed by atoms with Crippen molar-refractivity contribution >= 4 is 32.8 Å². The number of pyridine rings is 1. The molecule has 0 radical (unpaired) electrons. The van der Waals surface area contributed by atoms with Crippen molar-refractivity contribution in [2.75, 3.05) is 44.3 Å². The molecule has 10 heteroatoms. The van der Waals surface area contributed by atoms with Crippen molar-refractivity contribution in [3.05, 3.63) is 54.9 Å². The van der Waals surface area contributed by atoms with Gasteiger partial charge in [0.2, 0.25) is 0 Å². The molecular weight excluding hydrogens is 420 g/mol. The summed E-state index contributed by atoms with van der Waals surface area (Å²) in [6.07, 6.45) is 2.70. The molecule has 0 unspecified atom stereocenters. The highest BCUT2D eigenvalue weighted by atomic mass is 32.2. The summed E-state index contributed by atoms with van der Waals surface area (Å²) in [5, 5.41) is 0.754. The van der Waals surface area contributed by atoms with Crippen LogP contribution in [0.3, 0.4) is 0 Å². The molecule has 2 aliphatic heterocycles. The Balaban J connectivity index is 1.37. The van der Waals surface area contributed by atoms with Crippen molar-refractivity contribution < 1.29 is 22.7 Å². The number of rotatable bonds is 4. The van der Waals surface area contributed by atoms with Gasteiger partial charge in [-0.2, -0.15) is 0 Å². The Morgan fingerprint density at radius 2 is 1.77 bits per heavy atom. The molecule has 0 aliphatic carbocycles. The molecule has 4 heterocycles. The van der Waals surface area contributed by atoms with Gasteiger partial charge in [0.25, 0.3) is 10.0 Å². The molecule has 1 aromatic carbocycles. The number of fused-ring (bicyclic) bond motifs is 1. The zero-order valence-corrected chi connectivity index (χ0v) is 17.6. The Hall–Kier alpha value is -3.11. The second kappa shape index (κ2) is 7.86. The van der Waals surface area contributed by atoms with Crippen LogP contribution in [0.15, 0.2) is 59.8 Å². The molecule has 162 valence electrons. The Bertz CT molecular complexity index is 1200. The van der Waals surface area contributed by atoms with Crippen LogP contribution in [0.2, 0.25) is 0 Å². The first-order valence-corrected chi connectivity index (χ1v) is 11.5. The normalized spacial score (nSPS) is 17.5. The molecule has 3 aromatic rings. The molecule has 31 heavy (non-hydrogen) atoms. The van der Waals surface area contributed by atoms with E-state index in [1.807, 2.05) is 6.07 Å². The number of amides is 1. The fraction of sp³-hybridized carbons (Fsp3) is 0.333. The van der Waals surface area contributed by atoms with Gasteiger partial charge in [0, 0.05) is 49.6 Å². The zero-order chi connectivity index (χ0) is 21.4. The van der Waals surface area contributed by atoms with E-state index in [9.17, 15) is 13.2 Å². The smallest absolute Gasteiger partial charge is 0.410 e. The van der Waals surface area contributed by atoms with Crippen LogP contribution >= 0.6 is 0 Å². The number of aromatic nitrogens is 2. The second-order valence-electron chi connectivity index (χ2n) is 7.51. The van der Waals surface area contributed by atoms with Crippen LogP contribution in [-0.4, -0.2) is 73.9 Å². The molecule has 0 N–H and O–H groups in total. The Morgan fingerprint density at radius 3 is 2.45 bits per heavy atom. The number of ether oxygens (including phenoxy) is 2. The maximum atomic E-state index is 13.1. The topological polar surface area (TPSA) is 94.0 Å². The molecule has 0 bridgehead atoms. The minimum absolute atomic E-state index is 0.142. The van der Waals surface area contributed by atoms with E-state index in [4.69, 9.17) is 9.47 Å². The zero-order valence-electron chi connectivity index (χ0n) is 16.8. The summed E-state index contributed by atoms with van der Waals surface area (Å²) >= 11 is 0. The predicted octanol–water partition coefficient (Wildman–Crippen LogP) is 1.93. The van der Waals surface area contributed by atoms with Crippen molar-refractivity contribution in [3.8, 4) is 0 Å². The minimum atomic E-state index is -3.74. The molecule has 2 saturated heterocycles.